The molecule has 0 saturated carbocycles. The molecule has 2 fully saturated rings. The Bertz CT molecular complexity index is 625. The van der Waals surface area contributed by atoms with Gasteiger partial charge in [0, 0.05) is 32.2 Å². The van der Waals surface area contributed by atoms with Crippen molar-refractivity contribution >= 4 is 5.91 Å². The molecule has 0 spiro atoms. The van der Waals surface area contributed by atoms with Gasteiger partial charge in [0.15, 0.2) is 11.6 Å². The molecular formula is C18H24F2N2O3. The van der Waals surface area contributed by atoms with Gasteiger partial charge in [-0.25, -0.2) is 8.78 Å². The summed E-state index contributed by atoms with van der Waals surface area (Å²) in [7, 11) is 1.33. The van der Waals surface area contributed by atoms with Crippen LogP contribution in [0, 0.1) is 11.6 Å². The normalized spacial score (nSPS) is 20.7. The Labute approximate surface area is 146 Å². The molecule has 1 aromatic rings. The Morgan fingerprint density at radius 1 is 1.12 bits per heavy atom. The van der Waals surface area contributed by atoms with Gasteiger partial charge in [-0.15, -0.1) is 0 Å². The summed E-state index contributed by atoms with van der Waals surface area (Å²) in [5, 5.41) is 9.61. The molecule has 7 heteroatoms. The average Bonchev–Trinajstić information content (AvgIpc) is 2.64. The van der Waals surface area contributed by atoms with E-state index in [1.165, 1.54) is 13.2 Å². The highest BCUT2D eigenvalue weighted by molar-refractivity contribution is 5.97. The summed E-state index contributed by atoms with van der Waals surface area (Å²) < 4.78 is 32.7. The van der Waals surface area contributed by atoms with Crippen molar-refractivity contribution in [3.8, 4) is 5.75 Å². The fourth-order valence-electron chi connectivity index (χ4n) is 3.75. The topological polar surface area (TPSA) is 53.0 Å². The van der Waals surface area contributed by atoms with Gasteiger partial charge < -0.3 is 19.6 Å². The van der Waals surface area contributed by atoms with E-state index < -0.39 is 17.5 Å². The highest BCUT2D eigenvalue weighted by Gasteiger charge is 2.32. The molecule has 3 rings (SSSR count). The van der Waals surface area contributed by atoms with E-state index in [1.807, 2.05) is 0 Å². The molecule has 2 aliphatic heterocycles. The quantitative estimate of drug-likeness (QED) is 0.903. The molecule has 2 heterocycles. The van der Waals surface area contributed by atoms with Gasteiger partial charge in [-0.05, 0) is 37.8 Å². The van der Waals surface area contributed by atoms with Crippen LogP contribution in [-0.4, -0.2) is 66.2 Å². The number of carbonyl (C=O) groups excluding carboxylic acids is 1. The first kappa shape index (κ1) is 18.1. The fraction of sp³-hybridized carbons (Fsp3) is 0.611. The van der Waals surface area contributed by atoms with Crippen molar-refractivity contribution in [3.05, 3.63) is 29.3 Å². The largest absolute Gasteiger partial charge is 0.496 e. The third-order valence-electron chi connectivity index (χ3n) is 5.26. The van der Waals surface area contributed by atoms with Gasteiger partial charge in [0.2, 0.25) is 0 Å². The highest BCUT2D eigenvalue weighted by atomic mass is 19.2. The summed E-state index contributed by atoms with van der Waals surface area (Å²) in [6.45, 7) is 2.74. The number of amides is 1. The molecule has 138 valence electrons. The van der Waals surface area contributed by atoms with E-state index in [-0.39, 0.29) is 17.4 Å². The number of halogens is 2. The third kappa shape index (κ3) is 3.77. The van der Waals surface area contributed by atoms with Crippen molar-refractivity contribution < 1.29 is 23.4 Å². The van der Waals surface area contributed by atoms with Crippen molar-refractivity contribution in [2.75, 3.05) is 33.3 Å². The SMILES string of the molecule is COc1ccc(F)c(F)c1C(=O)N1CCC(N2CCC(O)CC2)CC1. The summed E-state index contributed by atoms with van der Waals surface area (Å²) in [5.74, 6) is -2.68. The van der Waals surface area contributed by atoms with Crippen LogP contribution < -0.4 is 4.74 Å². The Kier molecular flexibility index (Phi) is 5.54. The Morgan fingerprint density at radius 3 is 2.36 bits per heavy atom. The van der Waals surface area contributed by atoms with Crippen LogP contribution in [0.4, 0.5) is 8.78 Å². The average molecular weight is 354 g/mol. The first-order valence-electron chi connectivity index (χ1n) is 8.74. The van der Waals surface area contributed by atoms with Gasteiger partial charge in [0.1, 0.15) is 11.3 Å². The van der Waals surface area contributed by atoms with Crippen LogP contribution in [0.1, 0.15) is 36.0 Å². The standard InChI is InChI=1S/C18H24F2N2O3/c1-25-15-3-2-14(19)17(20)16(15)18(24)22-8-4-12(5-9-22)21-10-6-13(23)7-11-21/h2-3,12-13,23H,4-11H2,1H3. The van der Waals surface area contributed by atoms with Crippen LogP contribution in [0.15, 0.2) is 12.1 Å². The van der Waals surface area contributed by atoms with Gasteiger partial charge in [-0.2, -0.15) is 0 Å². The van der Waals surface area contributed by atoms with Gasteiger partial charge in [0.25, 0.3) is 5.91 Å². The molecule has 0 aromatic heterocycles. The van der Waals surface area contributed by atoms with E-state index in [9.17, 15) is 18.7 Å². The van der Waals surface area contributed by atoms with Crippen LogP contribution >= 0.6 is 0 Å². The molecule has 1 amide bonds. The predicted molar refractivity (Wildman–Crippen MR) is 88.6 cm³/mol. The third-order valence-corrected chi connectivity index (χ3v) is 5.26. The molecule has 0 aliphatic carbocycles. The number of piperidine rings is 2. The maximum Gasteiger partial charge on any atom is 0.260 e. The molecular weight excluding hydrogens is 330 g/mol. The molecule has 25 heavy (non-hydrogen) atoms. The van der Waals surface area contributed by atoms with E-state index in [0.29, 0.717) is 19.1 Å². The molecule has 0 radical (unpaired) electrons. The number of hydrogen-bond donors (Lipinski definition) is 1. The second kappa shape index (κ2) is 7.66. The zero-order valence-electron chi connectivity index (χ0n) is 14.4. The van der Waals surface area contributed by atoms with Crippen LogP contribution in [0.2, 0.25) is 0 Å². The van der Waals surface area contributed by atoms with Gasteiger partial charge in [-0.3, -0.25) is 4.79 Å². The molecule has 5 nitrogen and oxygen atoms in total. The number of methoxy groups -OCH3 is 1. The lowest BCUT2D eigenvalue weighted by molar-refractivity contribution is 0.0354. The summed E-state index contributed by atoms with van der Waals surface area (Å²) >= 11 is 0. The lowest BCUT2D eigenvalue weighted by atomic mass is 9.98. The summed E-state index contributed by atoms with van der Waals surface area (Å²) in [5.41, 5.74) is -0.331. The van der Waals surface area contributed by atoms with Crippen molar-refractivity contribution in [2.45, 2.75) is 37.8 Å². The summed E-state index contributed by atoms with van der Waals surface area (Å²) in [4.78, 5) is 16.6. The number of nitrogens with zero attached hydrogens (tertiary/aromatic N) is 2. The number of aliphatic hydroxyl groups excluding tert-OH is 1. The molecule has 1 aromatic carbocycles. The second-order valence-electron chi connectivity index (χ2n) is 6.73. The molecule has 2 saturated heterocycles. The van der Waals surface area contributed by atoms with E-state index in [0.717, 1.165) is 44.8 Å². The van der Waals surface area contributed by atoms with E-state index in [1.54, 1.807) is 4.90 Å². The summed E-state index contributed by atoms with van der Waals surface area (Å²) in [6.07, 6.45) is 2.94. The van der Waals surface area contributed by atoms with Crippen molar-refractivity contribution in [1.29, 1.82) is 0 Å². The van der Waals surface area contributed by atoms with Crippen molar-refractivity contribution in [1.82, 2.24) is 9.80 Å². The van der Waals surface area contributed by atoms with Gasteiger partial charge in [0.05, 0.1) is 13.2 Å². The van der Waals surface area contributed by atoms with Crippen LogP contribution in [0.5, 0.6) is 5.75 Å². The number of carbonyl (C=O) groups is 1. The second-order valence-corrected chi connectivity index (χ2v) is 6.73. The van der Waals surface area contributed by atoms with Gasteiger partial charge >= 0.3 is 0 Å². The Balaban J connectivity index is 1.65. The minimum Gasteiger partial charge on any atom is -0.496 e. The molecule has 0 atom stereocenters. The van der Waals surface area contributed by atoms with Crippen molar-refractivity contribution in [2.24, 2.45) is 0 Å². The lowest BCUT2D eigenvalue weighted by Crippen LogP contribution is -2.49. The number of hydrogen-bond acceptors (Lipinski definition) is 4. The van der Waals surface area contributed by atoms with E-state index in [2.05, 4.69) is 4.90 Å². The first-order valence-corrected chi connectivity index (χ1v) is 8.74. The first-order chi connectivity index (χ1) is 12.0. The maximum absolute atomic E-state index is 14.1. The van der Waals surface area contributed by atoms with Crippen LogP contribution in [0.25, 0.3) is 0 Å². The molecule has 0 bridgehead atoms. The lowest BCUT2D eigenvalue weighted by Gasteiger charge is -2.41. The molecule has 0 unspecified atom stereocenters. The van der Waals surface area contributed by atoms with Gasteiger partial charge in [-0.1, -0.05) is 0 Å². The molecule has 2 aliphatic rings. The zero-order valence-corrected chi connectivity index (χ0v) is 14.4. The number of likely N-dealkylation sites (tertiary alicyclic amines) is 2. The smallest absolute Gasteiger partial charge is 0.260 e. The highest BCUT2D eigenvalue weighted by Crippen LogP contribution is 2.27. The fourth-order valence-corrected chi connectivity index (χ4v) is 3.75. The number of rotatable bonds is 3. The van der Waals surface area contributed by atoms with E-state index in [4.69, 9.17) is 4.74 Å². The predicted octanol–water partition coefficient (Wildman–Crippen LogP) is 2.03. The van der Waals surface area contributed by atoms with Crippen LogP contribution in [-0.2, 0) is 0 Å². The Morgan fingerprint density at radius 2 is 1.76 bits per heavy atom. The monoisotopic (exact) mass is 354 g/mol. The number of aliphatic hydroxyl groups is 1. The van der Waals surface area contributed by atoms with Crippen LogP contribution in [0.3, 0.4) is 0 Å². The Hall–Kier alpha value is -1.73. The van der Waals surface area contributed by atoms with E-state index >= 15 is 0 Å². The summed E-state index contributed by atoms with van der Waals surface area (Å²) in [6, 6.07) is 2.61. The number of ether oxygens (including phenoxy) is 1. The zero-order chi connectivity index (χ0) is 18.0. The minimum atomic E-state index is -1.16. The minimum absolute atomic E-state index is 0.0519. The number of benzene rings is 1. The maximum atomic E-state index is 14.1. The molecule has 1 N–H and O–H groups in total. The van der Waals surface area contributed by atoms with Crippen molar-refractivity contribution in [3.63, 3.8) is 0 Å².